The lowest BCUT2D eigenvalue weighted by molar-refractivity contribution is 0.679. The van der Waals surface area contributed by atoms with E-state index in [9.17, 15) is 8.42 Å². The number of rotatable bonds is 4. The molecule has 2 heterocycles. The smallest absolute Gasteiger partial charge is 0.0884 e. The molecule has 0 aliphatic rings. The first kappa shape index (κ1) is 24.4. The maximum atomic E-state index is 11.3. The topological polar surface area (TPSA) is 34.1 Å². The summed E-state index contributed by atoms with van der Waals surface area (Å²) in [6, 6.07) is 0. The van der Waals surface area contributed by atoms with E-state index in [4.69, 9.17) is 0 Å². The number of thiophene rings is 2. The monoisotopic (exact) mass is 696 g/mol. The molecule has 0 N–H and O–H groups in total. The molecule has 0 amide bonds. The zero-order valence-corrected chi connectivity index (χ0v) is 24.0. The van der Waals surface area contributed by atoms with Gasteiger partial charge in [-0.25, -0.2) is 0 Å². The van der Waals surface area contributed by atoms with E-state index in [1.54, 1.807) is 47.4 Å². The first-order chi connectivity index (χ1) is 11.1. The minimum absolute atomic E-state index is 0.637. The highest BCUT2D eigenvalue weighted by Gasteiger charge is 2.20. The Kier molecular flexibility index (Phi) is 11.5. The number of thioether (sulfide) groups is 2. The SMILES string of the molecule is CS(=O)c1c(Br)sc(Br)c1S(C)=O.CSc1c(Br)sc(Br)c1SC. The quantitative estimate of drug-likeness (QED) is 0.311. The third-order valence-corrected chi connectivity index (χ3v) is 13.0. The van der Waals surface area contributed by atoms with Crippen molar-refractivity contribution in [2.75, 3.05) is 25.0 Å². The Morgan fingerprint density at radius 2 is 1.00 bits per heavy atom. The summed E-state index contributed by atoms with van der Waals surface area (Å²) in [5, 5.41) is 0. The Hall–Kier alpha value is 2.32. The lowest BCUT2D eigenvalue weighted by Crippen LogP contribution is -1.94. The van der Waals surface area contributed by atoms with Gasteiger partial charge in [0.2, 0.25) is 0 Å². The Morgan fingerprint density at radius 1 is 0.708 bits per heavy atom. The molecule has 0 aromatic carbocycles. The van der Waals surface area contributed by atoms with Gasteiger partial charge in [-0.2, -0.15) is 0 Å². The molecule has 2 atom stereocenters. The van der Waals surface area contributed by atoms with Gasteiger partial charge >= 0.3 is 0 Å². The Morgan fingerprint density at radius 3 is 1.25 bits per heavy atom. The summed E-state index contributed by atoms with van der Waals surface area (Å²) in [5.74, 6) is 0. The Labute approximate surface area is 197 Å². The van der Waals surface area contributed by atoms with Gasteiger partial charge in [0.25, 0.3) is 0 Å². The predicted molar refractivity (Wildman–Crippen MR) is 128 cm³/mol. The molecule has 0 spiro atoms. The molecule has 0 aliphatic heterocycles. The summed E-state index contributed by atoms with van der Waals surface area (Å²) < 4.78 is 26.7. The molecular weight excluding hydrogens is 688 g/mol. The fraction of sp³-hybridized carbons (Fsp3) is 0.333. The van der Waals surface area contributed by atoms with Crippen molar-refractivity contribution in [1.29, 1.82) is 0 Å². The first-order valence-corrected chi connectivity index (χ1v) is 16.2. The molecule has 0 radical (unpaired) electrons. The third kappa shape index (κ3) is 6.16. The minimum atomic E-state index is -1.11. The molecule has 0 aliphatic carbocycles. The average Bonchev–Trinajstić information content (AvgIpc) is 2.93. The molecule has 0 saturated carbocycles. The highest BCUT2D eigenvalue weighted by atomic mass is 79.9. The van der Waals surface area contributed by atoms with Gasteiger partial charge in [0.1, 0.15) is 0 Å². The first-order valence-electron chi connectivity index (χ1n) is 5.86. The number of hydrogen-bond acceptors (Lipinski definition) is 6. The van der Waals surface area contributed by atoms with Crippen molar-refractivity contribution in [2.24, 2.45) is 0 Å². The highest BCUT2D eigenvalue weighted by Crippen LogP contribution is 2.46. The lowest BCUT2D eigenvalue weighted by Gasteiger charge is -1.97. The van der Waals surface area contributed by atoms with Crippen molar-refractivity contribution >= 4 is 132 Å². The molecule has 2 unspecified atom stereocenters. The zero-order chi connectivity index (χ0) is 18.6. The van der Waals surface area contributed by atoms with Gasteiger partial charge in [0.15, 0.2) is 0 Å². The van der Waals surface area contributed by atoms with Gasteiger partial charge in [-0.3, -0.25) is 8.42 Å². The molecule has 0 saturated heterocycles. The Bertz CT molecular complexity index is 711. The summed E-state index contributed by atoms with van der Waals surface area (Å²) in [5.41, 5.74) is 0. The van der Waals surface area contributed by atoms with Gasteiger partial charge in [-0.15, -0.1) is 46.2 Å². The summed E-state index contributed by atoms with van der Waals surface area (Å²) in [4.78, 5) is 3.96. The van der Waals surface area contributed by atoms with E-state index < -0.39 is 21.6 Å². The molecule has 12 heteroatoms. The minimum Gasteiger partial charge on any atom is -0.255 e. The molecular formula is C12H12Br4O2S6. The van der Waals surface area contributed by atoms with Crippen LogP contribution in [0.25, 0.3) is 0 Å². The maximum Gasteiger partial charge on any atom is 0.0884 e. The van der Waals surface area contributed by atoms with Gasteiger partial charge in [-0.05, 0) is 76.2 Å². The maximum absolute atomic E-state index is 11.3. The summed E-state index contributed by atoms with van der Waals surface area (Å²) in [6.07, 6.45) is 7.35. The third-order valence-electron chi connectivity index (χ3n) is 2.47. The normalized spacial score (nSPS) is 13.3. The van der Waals surface area contributed by atoms with Crippen molar-refractivity contribution in [3.8, 4) is 0 Å². The Balaban J connectivity index is 0.000000243. The molecule has 2 nitrogen and oxygen atoms in total. The van der Waals surface area contributed by atoms with E-state index in [-0.39, 0.29) is 0 Å². The molecule has 2 rings (SSSR count). The fourth-order valence-electron chi connectivity index (χ4n) is 1.53. The van der Waals surface area contributed by atoms with Crippen LogP contribution in [0.3, 0.4) is 0 Å². The van der Waals surface area contributed by atoms with Gasteiger partial charge in [0.05, 0.1) is 46.5 Å². The second kappa shape index (κ2) is 11.4. The van der Waals surface area contributed by atoms with Crippen LogP contribution in [-0.4, -0.2) is 33.4 Å². The van der Waals surface area contributed by atoms with Crippen LogP contribution < -0.4 is 0 Å². The summed E-state index contributed by atoms with van der Waals surface area (Å²) in [7, 11) is -2.22. The largest absolute Gasteiger partial charge is 0.255 e. The predicted octanol–water partition coefficient (Wildman–Crippen LogP) is 7.46. The van der Waals surface area contributed by atoms with Crippen molar-refractivity contribution in [2.45, 2.75) is 19.6 Å². The van der Waals surface area contributed by atoms with E-state index >= 15 is 0 Å². The molecule has 2 aromatic heterocycles. The van der Waals surface area contributed by atoms with Gasteiger partial charge in [0, 0.05) is 22.3 Å². The standard InChI is InChI=1S/C6H6Br2O2S3.C6H6Br2S3/c1-12(9)3-4(13(2)10)6(8)11-5(3)7;1-9-3-4(10-2)6(8)11-5(3)7/h1-2H3;1-2H3. The summed E-state index contributed by atoms with van der Waals surface area (Å²) in [6.45, 7) is 0. The highest BCUT2D eigenvalue weighted by molar-refractivity contribution is 9.12. The van der Waals surface area contributed by atoms with Crippen LogP contribution in [0.4, 0.5) is 0 Å². The van der Waals surface area contributed by atoms with Crippen LogP contribution >= 0.6 is 110 Å². The molecule has 0 fully saturated rings. The van der Waals surface area contributed by atoms with Crippen molar-refractivity contribution in [1.82, 2.24) is 0 Å². The number of halogens is 4. The van der Waals surface area contributed by atoms with Crippen LogP contribution in [0.1, 0.15) is 0 Å². The second-order valence-electron chi connectivity index (χ2n) is 3.93. The van der Waals surface area contributed by atoms with Crippen LogP contribution in [0, 0.1) is 0 Å². The van der Waals surface area contributed by atoms with E-state index in [2.05, 4.69) is 76.2 Å². The van der Waals surface area contributed by atoms with Gasteiger partial charge < -0.3 is 0 Å². The number of hydrogen-bond donors (Lipinski definition) is 0. The molecule has 136 valence electrons. The molecule has 24 heavy (non-hydrogen) atoms. The van der Waals surface area contributed by atoms with Crippen molar-refractivity contribution in [3.63, 3.8) is 0 Å². The van der Waals surface area contributed by atoms with Crippen LogP contribution in [0.5, 0.6) is 0 Å². The van der Waals surface area contributed by atoms with E-state index in [1.807, 2.05) is 0 Å². The average molecular weight is 700 g/mol. The van der Waals surface area contributed by atoms with Crippen molar-refractivity contribution in [3.05, 3.63) is 15.1 Å². The second-order valence-corrected chi connectivity index (χ2v) is 15.5. The van der Waals surface area contributed by atoms with Gasteiger partial charge in [-0.1, -0.05) is 0 Å². The van der Waals surface area contributed by atoms with Crippen LogP contribution in [-0.2, 0) is 21.6 Å². The van der Waals surface area contributed by atoms with Crippen molar-refractivity contribution < 1.29 is 8.42 Å². The molecule has 0 bridgehead atoms. The molecule has 2 aromatic rings. The van der Waals surface area contributed by atoms with Crippen LogP contribution in [0.2, 0.25) is 0 Å². The van der Waals surface area contributed by atoms with Crippen LogP contribution in [0.15, 0.2) is 34.7 Å². The van der Waals surface area contributed by atoms with E-state index in [0.29, 0.717) is 9.79 Å². The van der Waals surface area contributed by atoms with E-state index in [1.165, 1.54) is 28.7 Å². The zero-order valence-electron chi connectivity index (χ0n) is 12.8. The van der Waals surface area contributed by atoms with E-state index in [0.717, 1.165) is 7.57 Å². The lowest BCUT2D eigenvalue weighted by atomic mass is 10.7. The summed E-state index contributed by atoms with van der Waals surface area (Å²) >= 11 is 20.3. The fourth-order valence-corrected chi connectivity index (χ4v) is 14.8.